The summed E-state index contributed by atoms with van der Waals surface area (Å²) in [4.78, 5) is 12.9. The van der Waals surface area contributed by atoms with Crippen LogP contribution in [0.5, 0.6) is 5.75 Å². The summed E-state index contributed by atoms with van der Waals surface area (Å²) in [6.07, 6.45) is 0. The van der Waals surface area contributed by atoms with Crippen LogP contribution in [-0.4, -0.2) is 36.4 Å². The largest absolute Gasteiger partial charge is 0.497 e. The molecule has 0 aliphatic rings. The number of nitrogens with one attached hydrogen (secondary N) is 2. The van der Waals surface area contributed by atoms with Gasteiger partial charge in [0.2, 0.25) is 5.91 Å². The number of halogens is 2. The van der Waals surface area contributed by atoms with Crippen molar-refractivity contribution in [3.05, 3.63) is 107 Å². The van der Waals surface area contributed by atoms with E-state index in [2.05, 4.69) is 10.0 Å². The summed E-state index contributed by atoms with van der Waals surface area (Å²) < 4.78 is 60.9. The van der Waals surface area contributed by atoms with E-state index in [4.69, 9.17) is 27.9 Å². The normalized spacial score (nSPS) is 11.5. The molecule has 0 aliphatic heterocycles. The second-order valence-corrected chi connectivity index (χ2v) is 12.7. The first-order valence-electron chi connectivity index (χ1n) is 11.6. The molecule has 0 spiro atoms. The molecule has 0 fully saturated rings. The van der Waals surface area contributed by atoms with Gasteiger partial charge in [0, 0.05) is 11.4 Å². The van der Waals surface area contributed by atoms with Crippen molar-refractivity contribution in [1.82, 2.24) is 0 Å². The second-order valence-electron chi connectivity index (χ2n) is 8.33. The fraction of sp³-hybridized carbons (Fsp3) is 0.0741. The minimum Gasteiger partial charge on any atom is -0.497 e. The van der Waals surface area contributed by atoms with Crippen molar-refractivity contribution in [2.24, 2.45) is 0 Å². The van der Waals surface area contributed by atoms with E-state index in [1.807, 2.05) is 0 Å². The van der Waals surface area contributed by atoms with Gasteiger partial charge in [0.25, 0.3) is 20.0 Å². The Kier molecular flexibility index (Phi) is 8.89. The van der Waals surface area contributed by atoms with E-state index in [0.717, 1.165) is 4.31 Å². The van der Waals surface area contributed by atoms with Gasteiger partial charge >= 0.3 is 0 Å². The molecule has 208 valence electrons. The Labute approximate surface area is 242 Å². The number of hydrogen-bond donors (Lipinski definition) is 2. The molecule has 13 heteroatoms. The lowest BCUT2D eigenvalue weighted by atomic mass is 10.3. The van der Waals surface area contributed by atoms with Gasteiger partial charge in [-0.3, -0.25) is 13.8 Å². The molecule has 0 bridgehead atoms. The standard InChI is InChI=1S/C27H23Cl2N3O6S2/c1-38-22-12-7-20(8-13-22)31-39(34,35)23-14-9-19(10-15-23)30-27(33)18-32(21-11-16-25(28)26(29)17-21)40(36,37)24-5-3-2-4-6-24/h2-17,31H,18H2,1H3,(H,30,33). The number of amides is 1. The van der Waals surface area contributed by atoms with Crippen molar-refractivity contribution in [3.8, 4) is 5.75 Å². The number of ether oxygens (including phenoxy) is 1. The van der Waals surface area contributed by atoms with Crippen molar-refractivity contribution in [2.45, 2.75) is 9.79 Å². The van der Waals surface area contributed by atoms with Crippen LogP contribution in [0.3, 0.4) is 0 Å². The highest BCUT2D eigenvalue weighted by Crippen LogP contribution is 2.30. The Balaban J connectivity index is 1.52. The fourth-order valence-electron chi connectivity index (χ4n) is 3.60. The van der Waals surface area contributed by atoms with Crippen LogP contribution in [0.2, 0.25) is 10.0 Å². The zero-order valence-corrected chi connectivity index (χ0v) is 24.1. The first kappa shape index (κ1) is 29.2. The van der Waals surface area contributed by atoms with Crippen LogP contribution >= 0.6 is 23.2 Å². The number of nitrogens with zero attached hydrogens (tertiary/aromatic N) is 1. The molecule has 4 aromatic carbocycles. The Morgan fingerprint density at radius 2 is 1.40 bits per heavy atom. The highest BCUT2D eigenvalue weighted by atomic mass is 35.5. The van der Waals surface area contributed by atoms with Crippen LogP contribution in [-0.2, 0) is 24.8 Å². The van der Waals surface area contributed by atoms with Gasteiger partial charge in [0.1, 0.15) is 12.3 Å². The third-order valence-electron chi connectivity index (χ3n) is 5.60. The average molecular weight is 621 g/mol. The summed E-state index contributed by atoms with van der Waals surface area (Å²) in [6, 6.07) is 23.7. The molecule has 9 nitrogen and oxygen atoms in total. The Morgan fingerprint density at radius 3 is 2.00 bits per heavy atom. The van der Waals surface area contributed by atoms with Gasteiger partial charge in [-0.15, -0.1) is 0 Å². The molecule has 4 aromatic rings. The molecule has 40 heavy (non-hydrogen) atoms. The lowest BCUT2D eigenvalue weighted by molar-refractivity contribution is -0.114. The molecular weight excluding hydrogens is 597 g/mol. The topological polar surface area (TPSA) is 122 Å². The molecular formula is C27H23Cl2N3O6S2. The molecule has 0 saturated carbocycles. The maximum atomic E-state index is 13.4. The quantitative estimate of drug-likeness (QED) is 0.237. The predicted octanol–water partition coefficient (Wildman–Crippen LogP) is 5.64. The Hall–Kier alpha value is -3.77. The van der Waals surface area contributed by atoms with Crippen molar-refractivity contribution >= 4 is 66.2 Å². The van der Waals surface area contributed by atoms with Gasteiger partial charge < -0.3 is 10.1 Å². The average Bonchev–Trinajstić information content (AvgIpc) is 2.94. The maximum Gasteiger partial charge on any atom is 0.264 e. The smallest absolute Gasteiger partial charge is 0.264 e. The van der Waals surface area contributed by atoms with E-state index >= 15 is 0 Å². The number of carbonyl (C=O) groups is 1. The number of carbonyl (C=O) groups excluding carboxylic acids is 1. The van der Waals surface area contributed by atoms with Crippen molar-refractivity contribution in [1.29, 1.82) is 0 Å². The summed E-state index contributed by atoms with van der Waals surface area (Å²) in [7, 11) is -6.55. The Bertz CT molecular complexity index is 1720. The molecule has 2 N–H and O–H groups in total. The highest BCUT2D eigenvalue weighted by molar-refractivity contribution is 7.93. The summed E-state index contributed by atoms with van der Waals surface area (Å²) in [5, 5.41) is 2.94. The van der Waals surface area contributed by atoms with E-state index in [9.17, 15) is 21.6 Å². The molecule has 0 heterocycles. The first-order chi connectivity index (χ1) is 19.0. The third kappa shape index (κ3) is 6.86. The minimum atomic E-state index is -4.16. The molecule has 0 aliphatic carbocycles. The van der Waals surface area contributed by atoms with Crippen LogP contribution < -0.4 is 19.1 Å². The monoisotopic (exact) mass is 619 g/mol. The van der Waals surface area contributed by atoms with Crippen molar-refractivity contribution < 1.29 is 26.4 Å². The number of rotatable bonds is 10. The number of anilines is 3. The zero-order valence-electron chi connectivity index (χ0n) is 20.9. The summed E-state index contributed by atoms with van der Waals surface area (Å²) in [5.41, 5.74) is 0.749. The molecule has 0 unspecified atom stereocenters. The van der Waals surface area contributed by atoms with E-state index < -0.39 is 32.5 Å². The lowest BCUT2D eigenvalue weighted by Gasteiger charge is -2.24. The fourth-order valence-corrected chi connectivity index (χ4v) is 6.38. The SMILES string of the molecule is COc1ccc(NS(=O)(=O)c2ccc(NC(=O)CN(c3ccc(Cl)c(Cl)c3)S(=O)(=O)c3ccccc3)cc2)cc1. The molecule has 0 radical (unpaired) electrons. The lowest BCUT2D eigenvalue weighted by Crippen LogP contribution is -2.38. The third-order valence-corrected chi connectivity index (χ3v) is 9.52. The van der Waals surface area contributed by atoms with Crippen LogP contribution in [0.25, 0.3) is 0 Å². The van der Waals surface area contributed by atoms with E-state index in [-0.39, 0.29) is 31.2 Å². The van der Waals surface area contributed by atoms with Gasteiger partial charge in [0.15, 0.2) is 0 Å². The van der Waals surface area contributed by atoms with Crippen LogP contribution in [0.4, 0.5) is 17.1 Å². The van der Waals surface area contributed by atoms with E-state index in [1.54, 1.807) is 42.5 Å². The maximum absolute atomic E-state index is 13.4. The Morgan fingerprint density at radius 1 is 0.775 bits per heavy atom. The number of methoxy groups -OCH3 is 1. The number of sulfonamides is 2. The van der Waals surface area contributed by atoms with E-state index in [1.165, 1.54) is 61.7 Å². The molecule has 0 aromatic heterocycles. The van der Waals surface area contributed by atoms with Gasteiger partial charge in [-0.1, -0.05) is 41.4 Å². The molecule has 0 atom stereocenters. The van der Waals surface area contributed by atoms with Gasteiger partial charge in [0.05, 0.1) is 32.6 Å². The summed E-state index contributed by atoms with van der Waals surface area (Å²) >= 11 is 12.1. The van der Waals surface area contributed by atoms with Gasteiger partial charge in [-0.25, -0.2) is 16.8 Å². The van der Waals surface area contributed by atoms with Crippen LogP contribution in [0.15, 0.2) is 107 Å². The van der Waals surface area contributed by atoms with Crippen molar-refractivity contribution in [3.63, 3.8) is 0 Å². The van der Waals surface area contributed by atoms with Crippen LogP contribution in [0.1, 0.15) is 0 Å². The highest BCUT2D eigenvalue weighted by Gasteiger charge is 2.27. The van der Waals surface area contributed by atoms with Crippen LogP contribution in [0, 0.1) is 0 Å². The zero-order chi connectivity index (χ0) is 28.9. The minimum absolute atomic E-state index is 0.0206. The summed E-state index contributed by atoms with van der Waals surface area (Å²) in [6.45, 7) is -0.589. The number of hydrogen-bond acceptors (Lipinski definition) is 6. The van der Waals surface area contributed by atoms with Gasteiger partial charge in [-0.05, 0) is 78.9 Å². The predicted molar refractivity (Wildman–Crippen MR) is 156 cm³/mol. The van der Waals surface area contributed by atoms with Crippen molar-refractivity contribution in [2.75, 3.05) is 28.0 Å². The molecule has 1 amide bonds. The molecule has 4 rings (SSSR count). The molecule has 0 saturated heterocycles. The van der Waals surface area contributed by atoms with Gasteiger partial charge in [-0.2, -0.15) is 0 Å². The second kappa shape index (κ2) is 12.2. The first-order valence-corrected chi connectivity index (χ1v) is 15.3. The van der Waals surface area contributed by atoms with E-state index in [0.29, 0.717) is 11.4 Å². The number of benzene rings is 4. The summed E-state index contributed by atoms with van der Waals surface area (Å²) in [5.74, 6) is -0.0881.